The molecule has 0 aliphatic carbocycles. The van der Waals surface area contributed by atoms with E-state index in [-0.39, 0.29) is 5.91 Å². The highest BCUT2D eigenvalue weighted by Gasteiger charge is 2.13. The van der Waals surface area contributed by atoms with Gasteiger partial charge in [0.05, 0.1) is 13.2 Å². The lowest BCUT2D eigenvalue weighted by Crippen LogP contribution is -2.39. The second-order valence-corrected chi connectivity index (χ2v) is 3.97. The van der Waals surface area contributed by atoms with Crippen LogP contribution in [-0.2, 0) is 9.53 Å². The summed E-state index contributed by atoms with van der Waals surface area (Å²) < 4.78 is 5.17. The van der Waals surface area contributed by atoms with E-state index in [1.54, 1.807) is 6.08 Å². The van der Waals surface area contributed by atoms with Crippen molar-refractivity contribution in [3.63, 3.8) is 0 Å². The maximum absolute atomic E-state index is 11.6. The molecular formula is C11H19NO2. The van der Waals surface area contributed by atoms with Crippen LogP contribution >= 0.6 is 0 Å². The molecule has 1 aliphatic rings. The molecule has 0 aromatic heterocycles. The van der Waals surface area contributed by atoms with E-state index in [0.717, 1.165) is 19.5 Å². The summed E-state index contributed by atoms with van der Waals surface area (Å²) >= 11 is 0. The minimum absolute atomic E-state index is 0.119. The maximum atomic E-state index is 11.6. The molecule has 80 valence electrons. The van der Waals surface area contributed by atoms with Crippen LogP contribution in [0.4, 0.5) is 0 Å². The first kappa shape index (κ1) is 11.2. The van der Waals surface area contributed by atoms with E-state index in [0.29, 0.717) is 19.1 Å². The van der Waals surface area contributed by atoms with Crippen LogP contribution in [0.5, 0.6) is 0 Å². The van der Waals surface area contributed by atoms with E-state index in [1.165, 1.54) is 0 Å². The predicted octanol–water partition coefficient (Wildman–Crippen LogP) is 1.45. The molecule has 1 heterocycles. The third-order valence-electron chi connectivity index (χ3n) is 2.19. The number of nitrogens with zero attached hydrogens (tertiary/aromatic N) is 1. The molecule has 0 saturated carbocycles. The van der Waals surface area contributed by atoms with Crippen molar-refractivity contribution in [3.05, 3.63) is 12.2 Å². The smallest absolute Gasteiger partial charge is 0.246 e. The van der Waals surface area contributed by atoms with Gasteiger partial charge in [0.1, 0.15) is 0 Å². The van der Waals surface area contributed by atoms with Crippen molar-refractivity contribution in [1.82, 2.24) is 4.90 Å². The van der Waals surface area contributed by atoms with Gasteiger partial charge in [0.2, 0.25) is 5.91 Å². The Labute approximate surface area is 85.7 Å². The van der Waals surface area contributed by atoms with Crippen LogP contribution in [-0.4, -0.2) is 37.1 Å². The summed E-state index contributed by atoms with van der Waals surface area (Å²) in [6.07, 6.45) is 4.61. The molecule has 1 aliphatic heterocycles. The molecule has 0 bridgehead atoms. The van der Waals surface area contributed by atoms with E-state index >= 15 is 0 Å². The Morgan fingerprint density at radius 1 is 1.43 bits per heavy atom. The minimum atomic E-state index is 0.119. The quantitative estimate of drug-likeness (QED) is 0.641. The first-order valence-corrected chi connectivity index (χ1v) is 5.23. The van der Waals surface area contributed by atoms with Crippen molar-refractivity contribution in [1.29, 1.82) is 0 Å². The van der Waals surface area contributed by atoms with Gasteiger partial charge >= 0.3 is 0 Å². The van der Waals surface area contributed by atoms with Gasteiger partial charge in [0.15, 0.2) is 0 Å². The van der Waals surface area contributed by atoms with Crippen molar-refractivity contribution in [2.75, 3.05) is 26.3 Å². The largest absolute Gasteiger partial charge is 0.378 e. The summed E-state index contributed by atoms with van der Waals surface area (Å²) in [6.45, 7) is 7.08. The fraction of sp³-hybridized carbons (Fsp3) is 0.727. The first-order valence-electron chi connectivity index (χ1n) is 5.23. The molecule has 14 heavy (non-hydrogen) atoms. The Morgan fingerprint density at radius 3 is 2.64 bits per heavy atom. The van der Waals surface area contributed by atoms with Crippen molar-refractivity contribution in [3.8, 4) is 0 Å². The Morgan fingerprint density at radius 2 is 2.07 bits per heavy atom. The Kier molecular flexibility index (Phi) is 4.66. The fourth-order valence-corrected chi connectivity index (χ4v) is 1.33. The number of allylic oxidation sites excluding steroid dienone is 1. The molecule has 1 amide bonds. The summed E-state index contributed by atoms with van der Waals surface area (Å²) in [5, 5.41) is 0. The average Bonchev–Trinajstić information content (AvgIpc) is 2.18. The SMILES string of the molecule is CC(C)C/C=C/C(=O)N1CCOCC1. The monoisotopic (exact) mass is 197 g/mol. The number of amides is 1. The Hall–Kier alpha value is -0.830. The molecule has 0 atom stereocenters. The zero-order chi connectivity index (χ0) is 10.4. The number of morpholine rings is 1. The van der Waals surface area contributed by atoms with Crippen molar-refractivity contribution in [2.45, 2.75) is 20.3 Å². The van der Waals surface area contributed by atoms with Crippen molar-refractivity contribution >= 4 is 5.91 Å². The van der Waals surface area contributed by atoms with E-state index < -0.39 is 0 Å². The lowest BCUT2D eigenvalue weighted by Gasteiger charge is -2.25. The third kappa shape index (κ3) is 3.92. The van der Waals surface area contributed by atoms with Gasteiger partial charge in [0.25, 0.3) is 0 Å². The second-order valence-electron chi connectivity index (χ2n) is 3.97. The topological polar surface area (TPSA) is 29.5 Å². The van der Waals surface area contributed by atoms with E-state index in [4.69, 9.17) is 4.74 Å². The Balaban J connectivity index is 2.29. The van der Waals surface area contributed by atoms with E-state index in [2.05, 4.69) is 13.8 Å². The number of carbonyl (C=O) groups excluding carboxylic acids is 1. The molecule has 0 aromatic rings. The van der Waals surface area contributed by atoms with Crippen LogP contribution in [0.3, 0.4) is 0 Å². The highest BCUT2D eigenvalue weighted by molar-refractivity contribution is 5.87. The highest BCUT2D eigenvalue weighted by atomic mass is 16.5. The summed E-state index contributed by atoms with van der Waals surface area (Å²) in [4.78, 5) is 13.4. The highest BCUT2D eigenvalue weighted by Crippen LogP contribution is 2.02. The normalized spacial score (nSPS) is 18.1. The molecule has 0 spiro atoms. The van der Waals surface area contributed by atoms with E-state index in [9.17, 15) is 4.79 Å². The molecule has 1 saturated heterocycles. The number of carbonyl (C=O) groups is 1. The van der Waals surface area contributed by atoms with Crippen LogP contribution in [0, 0.1) is 5.92 Å². The number of hydrogen-bond acceptors (Lipinski definition) is 2. The zero-order valence-electron chi connectivity index (χ0n) is 9.03. The number of hydrogen-bond donors (Lipinski definition) is 0. The lowest BCUT2D eigenvalue weighted by atomic mass is 10.1. The van der Waals surface area contributed by atoms with Gasteiger partial charge in [-0.25, -0.2) is 0 Å². The van der Waals surface area contributed by atoms with Gasteiger partial charge in [-0.15, -0.1) is 0 Å². The molecule has 1 rings (SSSR count). The van der Waals surface area contributed by atoms with Crippen LogP contribution in [0.1, 0.15) is 20.3 Å². The zero-order valence-corrected chi connectivity index (χ0v) is 9.03. The number of rotatable bonds is 3. The molecule has 0 unspecified atom stereocenters. The van der Waals surface area contributed by atoms with Crippen LogP contribution in [0.15, 0.2) is 12.2 Å². The van der Waals surface area contributed by atoms with Gasteiger partial charge < -0.3 is 9.64 Å². The van der Waals surface area contributed by atoms with E-state index in [1.807, 2.05) is 11.0 Å². The lowest BCUT2D eigenvalue weighted by molar-refractivity contribution is -0.129. The Bertz CT molecular complexity index is 205. The second kappa shape index (κ2) is 5.81. The molecule has 1 fully saturated rings. The number of ether oxygens (including phenoxy) is 1. The van der Waals surface area contributed by atoms with Gasteiger partial charge in [0, 0.05) is 13.1 Å². The van der Waals surface area contributed by atoms with Crippen molar-refractivity contribution in [2.24, 2.45) is 5.92 Å². The minimum Gasteiger partial charge on any atom is -0.378 e. The predicted molar refractivity (Wildman–Crippen MR) is 56.0 cm³/mol. The first-order chi connectivity index (χ1) is 6.70. The van der Waals surface area contributed by atoms with Gasteiger partial charge in [-0.3, -0.25) is 4.79 Å². The van der Waals surface area contributed by atoms with Gasteiger partial charge in [-0.05, 0) is 18.4 Å². The summed E-state index contributed by atoms with van der Waals surface area (Å²) in [5.74, 6) is 0.734. The van der Waals surface area contributed by atoms with Crippen LogP contribution in [0.2, 0.25) is 0 Å². The molecule has 0 radical (unpaired) electrons. The summed E-state index contributed by atoms with van der Waals surface area (Å²) in [6, 6.07) is 0. The van der Waals surface area contributed by atoms with Crippen LogP contribution < -0.4 is 0 Å². The average molecular weight is 197 g/mol. The summed E-state index contributed by atoms with van der Waals surface area (Å²) in [5.41, 5.74) is 0. The standard InChI is InChI=1S/C11H19NO2/c1-10(2)4-3-5-11(13)12-6-8-14-9-7-12/h3,5,10H,4,6-9H2,1-2H3/b5-3+. The molecule has 0 aromatic carbocycles. The molecule has 3 heteroatoms. The molecule has 3 nitrogen and oxygen atoms in total. The van der Waals surface area contributed by atoms with Crippen molar-refractivity contribution < 1.29 is 9.53 Å². The van der Waals surface area contributed by atoms with Gasteiger partial charge in [-0.2, -0.15) is 0 Å². The summed E-state index contributed by atoms with van der Waals surface area (Å²) in [7, 11) is 0. The maximum Gasteiger partial charge on any atom is 0.246 e. The molecular weight excluding hydrogens is 178 g/mol. The molecule has 0 N–H and O–H groups in total. The van der Waals surface area contributed by atoms with Gasteiger partial charge in [-0.1, -0.05) is 19.9 Å². The fourth-order valence-electron chi connectivity index (χ4n) is 1.33. The van der Waals surface area contributed by atoms with Crippen LogP contribution in [0.25, 0.3) is 0 Å². The third-order valence-corrected chi connectivity index (χ3v) is 2.19.